The van der Waals surface area contributed by atoms with E-state index < -0.39 is 0 Å². The van der Waals surface area contributed by atoms with Crippen LogP contribution in [0.1, 0.15) is 32.3 Å². The van der Waals surface area contributed by atoms with Crippen LogP contribution in [0.3, 0.4) is 0 Å². The van der Waals surface area contributed by atoms with E-state index >= 15 is 0 Å². The van der Waals surface area contributed by atoms with Gasteiger partial charge in [0.1, 0.15) is 5.75 Å². The number of halogens is 2. The van der Waals surface area contributed by atoms with Gasteiger partial charge >= 0.3 is 0 Å². The van der Waals surface area contributed by atoms with E-state index in [9.17, 15) is 0 Å². The molecule has 1 N–H and O–H groups in total. The highest BCUT2D eigenvalue weighted by atomic mass is 79.9. The third-order valence-electron chi connectivity index (χ3n) is 2.86. The largest absolute Gasteiger partial charge is 0.488 e. The zero-order valence-electron chi connectivity index (χ0n) is 12.3. The van der Waals surface area contributed by atoms with Gasteiger partial charge in [0.25, 0.3) is 0 Å². The average Bonchev–Trinajstić information content (AvgIpc) is 2.41. The van der Waals surface area contributed by atoms with E-state index in [0.717, 1.165) is 40.6 Å². The molecule has 0 aliphatic carbocycles. The van der Waals surface area contributed by atoms with Crippen LogP contribution >= 0.6 is 31.9 Å². The lowest BCUT2D eigenvalue weighted by molar-refractivity contribution is 0.134. The Hall–Kier alpha value is -0.100. The number of rotatable bonds is 9. The molecule has 1 unspecified atom stereocenters. The van der Waals surface area contributed by atoms with Crippen LogP contribution in [-0.2, 0) is 11.3 Å². The highest BCUT2D eigenvalue weighted by molar-refractivity contribution is 9.11. The van der Waals surface area contributed by atoms with Gasteiger partial charge in [-0.05, 0) is 69.4 Å². The fourth-order valence-corrected chi connectivity index (χ4v) is 3.25. The molecule has 0 fully saturated rings. The van der Waals surface area contributed by atoms with Crippen LogP contribution in [0.15, 0.2) is 21.1 Å². The summed E-state index contributed by atoms with van der Waals surface area (Å²) in [6.07, 6.45) is 2.13. The minimum Gasteiger partial charge on any atom is -0.488 e. The molecule has 0 aromatic heterocycles. The zero-order valence-corrected chi connectivity index (χ0v) is 15.5. The minimum absolute atomic E-state index is 0.117. The van der Waals surface area contributed by atoms with E-state index in [-0.39, 0.29) is 6.10 Å². The van der Waals surface area contributed by atoms with Crippen molar-refractivity contribution in [1.29, 1.82) is 0 Å². The molecular weight excluding hydrogens is 386 g/mol. The normalized spacial score (nSPS) is 12.4. The van der Waals surface area contributed by atoms with Crippen molar-refractivity contribution < 1.29 is 9.47 Å². The van der Waals surface area contributed by atoms with Crippen LogP contribution in [0.25, 0.3) is 0 Å². The van der Waals surface area contributed by atoms with Gasteiger partial charge in [0, 0.05) is 26.7 Å². The summed E-state index contributed by atoms with van der Waals surface area (Å²) in [5, 5.41) is 3.39. The maximum Gasteiger partial charge on any atom is 0.148 e. The summed E-state index contributed by atoms with van der Waals surface area (Å²) >= 11 is 7.18. The van der Waals surface area contributed by atoms with Gasteiger partial charge in [-0.1, -0.05) is 6.92 Å². The first kappa shape index (κ1) is 18.0. The molecule has 1 atom stereocenters. The SMILES string of the molecule is CCCNCc1cc(Br)c(OC(C)CCOC)c(Br)c1. The molecule has 0 spiro atoms. The van der Waals surface area contributed by atoms with E-state index in [0.29, 0.717) is 6.61 Å². The molecule has 1 aromatic rings. The molecule has 114 valence electrons. The second-order valence-electron chi connectivity index (χ2n) is 4.78. The van der Waals surface area contributed by atoms with Crippen LogP contribution < -0.4 is 10.1 Å². The van der Waals surface area contributed by atoms with Crippen molar-refractivity contribution in [2.45, 2.75) is 39.3 Å². The van der Waals surface area contributed by atoms with Gasteiger partial charge in [-0.15, -0.1) is 0 Å². The van der Waals surface area contributed by atoms with E-state index in [1.165, 1.54) is 5.56 Å². The van der Waals surface area contributed by atoms with Crippen LogP contribution in [0.5, 0.6) is 5.75 Å². The summed E-state index contributed by atoms with van der Waals surface area (Å²) in [5.41, 5.74) is 1.23. The van der Waals surface area contributed by atoms with Gasteiger partial charge in [-0.2, -0.15) is 0 Å². The van der Waals surface area contributed by atoms with E-state index in [2.05, 4.69) is 63.2 Å². The van der Waals surface area contributed by atoms with E-state index in [1.807, 2.05) is 0 Å². The van der Waals surface area contributed by atoms with Crippen molar-refractivity contribution in [3.05, 3.63) is 26.6 Å². The quantitative estimate of drug-likeness (QED) is 0.609. The van der Waals surface area contributed by atoms with Gasteiger partial charge in [0.05, 0.1) is 15.0 Å². The van der Waals surface area contributed by atoms with E-state index in [4.69, 9.17) is 9.47 Å². The monoisotopic (exact) mass is 407 g/mol. The Morgan fingerprint density at radius 2 is 1.90 bits per heavy atom. The van der Waals surface area contributed by atoms with Crippen LogP contribution in [0, 0.1) is 0 Å². The Morgan fingerprint density at radius 1 is 1.25 bits per heavy atom. The summed E-state index contributed by atoms with van der Waals surface area (Å²) in [6, 6.07) is 4.21. The molecule has 20 heavy (non-hydrogen) atoms. The van der Waals surface area contributed by atoms with Crippen molar-refractivity contribution in [2.75, 3.05) is 20.3 Å². The highest BCUT2D eigenvalue weighted by Gasteiger charge is 2.12. The van der Waals surface area contributed by atoms with Crippen LogP contribution in [0.2, 0.25) is 0 Å². The topological polar surface area (TPSA) is 30.5 Å². The number of methoxy groups -OCH3 is 1. The summed E-state index contributed by atoms with van der Waals surface area (Å²) < 4.78 is 13.0. The molecule has 0 aliphatic heterocycles. The molecule has 0 bridgehead atoms. The molecule has 3 nitrogen and oxygen atoms in total. The number of hydrogen-bond acceptors (Lipinski definition) is 3. The number of ether oxygens (including phenoxy) is 2. The summed E-state index contributed by atoms with van der Waals surface area (Å²) in [4.78, 5) is 0. The molecule has 0 saturated carbocycles. The highest BCUT2D eigenvalue weighted by Crippen LogP contribution is 2.35. The Balaban J connectivity index is 2.68. The lowest BCUT2D eigenvalue weighted by Gasteiger charge is -2.18. The Morgan fingerprint density at radius 3 is 2.45 bits per heavy atom. The lowest BCUT2D eigenvalue weighted by atomic mass is 10.2. The summed E-state index contributed by atoms with van der Waals surface area (Å²) in [7, 11) is 1.71. The summed E-state index contributed by atoms with van der Waals surface area (Å²) in [6.45, 7) is 6.81. The van der Waals surface area contributed by atoms with Gasteiger partial charge < -0.3 is 14.8 Å². The average molecular weight is 409 g/mol. The minimum atomic E-state index is 0.117. The second-order valence-corrected chi connectivity index (χ2v) is 6.48. The Kier molecular flexibility index (Phi) is 8.77. The molecule has 5 heteroatoms. The summed E-state index contributed by atoms with van der Waals surface area (Å²) in [5.74, 6) is 0.854. The molecule has 0 heterocycles. The van der Waals surface area contributed by atoms with Gasteiger partial charge in [0.2, 0.25) is 0 Å². The maximum atomic E-state index is 5.96. The number of benzene rings is 1. The smallest absolute Gasteiger partial charge is 0.148 e. The van der Waals surface area contributed by atoms with E-state index in [1.54, 1.807) is 7.11 Å². The van der Waals surface area contributed by atoms with Crippen molar-refractivity contribution in [2.24, 2.45) is 0 Å². The predicted octanol–water partition coefficient (Wildman–Crippen LogP) is 4.52. The molecule has 1 rings (SSSR count). The zero-order chi connectivity index (χ0) is 15.0. The number of nitrogens with one attached hydrogen (secondary N) is 1. The van der Waals surface area contributed by atoms with Crippen molar-refractivity contribution in [3.63, 3.8) is 0 Å². The predicted molar refractivity (Wildman–Crippen MR) is 90.4 cm³/mol. The van der Waals surface area contributed by atoms with Gasteiger partial charge in [0.15, 0.2) is 0 Å². The fraction of sp³-hybridized carbons (Fsp3) is 0.600. The molecular formula is C15H23Br2NO2. The van der Waals surface area contributed by atoms with Crippen molar-refractivity contribution in [3.8, 4) is 5.75 Å². The lowest BCUT2D eigenvalue weighted by Crippen LogP contribution is -2.16. The Bertz CT molecular complexity index is 390. The number of hydrogen-bond donors (Lipinski definition) is 1. The first-order valence-electron chi connectivity index (χ1n) is 6.92. The fourth-order valence-electron chi connectivity index (χ4n) is 1.78. The molecule has 0 radical (unpaired) electrons. The van der Waals surface area contributed by atoms with Crippen LogP contribution in [0.4, 0.5) is 0 Å². The molecule has 1 aromatic carbocycles. The first-order chi connectivity index (χ1) is 9.58. The first-order valence-corrected chi connectivity index (χ1v) is 8.51. The second kappa shape index (κ2) is 9.77. The molecule has 0 aliphatic rings. The molecule has 0 amide bonds. The van der Waals surface area contributed by atoms with Gasteiger partial charge in [-0.25, -0.2) is 0 Å². The van der Waals surface area contributed by atoms with Crippen molar-refractivity contribution >= 4 is 31.9 Å². The van der Waals surface area contributed by atoms with Crippen molar-refractivity contribution in [1.82, 2.24) is 5.32 Å². The standard InChI is InChI=1S/C15H23Br2NO2/c1-4-6-18-10-12-8-13(16)15(14(17)9-12)20-11(2)5-7-19-3/h8-9,11,18H,4-7,10H2,1-3H3. The van der Waals surface area contributed by atoms with Crippen LogP contribution in [-0.4, -0.2) is 26.4 Å². The third kappa shape index (κ3) is 6.12. The maximum absolute atomic E-state index is 5.96. The molecule has 0 saturated heterocycles. The van der Waals surface area contributed by atoms with Gasteiger partial charge in [-0.3, -0.25) is 0 Å². The third-order valence-corrected chi connectivity index (χ3v) is 4.04. The Labute approximate surface area is 138 Å².